The molecule has 106 valence electrons. The molecule has 7 nitrogen and oxygen atoms in total. The monoisotopic (exact) mass is 346 g/mol. The average molecular weight is 347 g/mol. The molecule has 1 fully saturated rings. The normalized spacial score (nSPS) is 18.0. The lowest BCUT2D eigenvalue weighted by Crippen LogP contribution is -2.26. The summed E-state index contributed by atoms with van der Waals surface area (Å²) in [5.41, 5.74) is 9.17. The van der Waals surface area contributed by atoms with Gasteiger partial charge in [0.25, 0.3) is 0 Å². The van der Waals surface area contributed by atoms with E-state index in [1.165, 1.54) is 6.33 Å². The molecule has 0 saturated carbocycles. The van der Waals surface area contributed by atoms with Crippen LogP contribution in [0.15, 0.2) is 34.1 Å². The first-order valence-electron chi connectivity index (χ1n) is 6.40. The van der Waals surface area contributed by atoms with Gasteiger partial charge in [0, 0.05) is 34.3 Å². The molecule has 2 aromatic rings. The van der Waals surface area contributed by atoms with Crippen LogP contribution in [0.3, 0.4) is 0 Å². The van der Waals surface area contributed by atoms with Crippen LogP contribution in [0.1, 0.15) is 6.42 Å². The van der Waals surface area contributed by atoms with Crippen molar-refractivity contribution in [1.29, 1.82) is 0 Å². The topological polar surface area (TPSA) is 94.9 Å². The molecule has 0 N–H and O–H groups in total. The Kier molecular flexibility index (Phi) is 3.72. The van der Waals surface area contributed by atoms with Gasteiger partial charge >= 0.3 is 0 Å². The highest BCUT2D eigenvalue weighted by Crippen LogP contribution is 2.30. The van der Waals surface area contributed by atoms with E-state index in [0.717, 1.165) is 15.4 Å². The summed E-state index contributed by atoms with van der Waals surface area (Å²) >= 11 is 3.42. The second kappa shape index (κ2) is 5.67. The van der Waals surface area contributed by atoms with Gasteiger partial charge in [0.15, 0.2) is 0 Å². The summed E-state index contributed by atoms with van der Waals surface area (Å²) in [7, 11) is 0. The smallest absolute Gasteiger partial charge is 0.228 e. The Balaban J connectivity index is 1.99. The lowest BCUT2D eigenvalue weighted by atomic mass is 10.1. The quantitative estimate of drug-likeness (QED) is 0.485. The maximum absolute atomic E-state index is 12.2. The Morgan fingerprint density at radius 1 is 1.48 bits per heavy atom. The van der Waals surface area contributed by atoms with Gasteiger partial charge in [-0.3, -0.25) is 9.69 Å². The van der Waals surface area contributed by atoms with Crippen molar-refractivity contribution in [3.63, 3.8) is 0 Å². The van der Waals surface area contributed by atoms with E-state index in [9.17, 15) is 4.79 Å². The second-order valence-corrected chi connectivity index (χ2v) is 5.76. The molecule has 0 spiro atoms. The molecule has 1 aromatic heterocycles. The van der Waals surface area contributed by atoms with Crippen molar-refractivity contribution in [2.24, 2.45) is 11.0 Å². The highest BCUT2D eigenvalue weighted by molar-refractivity contribution is 9.10. The number of aromatic nitrogens is 2. The molecule has 21 heavy (non-hydrogen) atoms. The molecule has 1 amide bonds. The maximum atomic E-state index is 12.2. The minimum atomic E-state index is -0.00637. The van der Waals surface area contributed by atoms with Crippen molar-refractivity contribution < 1.29 is 4.79 Å². The van der Waals surface area contributed by atoms with E-state index in [4.69, 9.17) is 5.53 Å². The Bertz CT molecular complexity index is 757. The molecule has 2 heterocycles. The third-order valence-corrected chi connectivity index (χ3v) is 3.93. The fourth-order valence-electron chi connectivity index (χ4n) is 2.49. The molecule has 1 atom stereocenters. The van der Waals surface area contributed by atoms with Gasteiger partial charge in [-0.1, -0.05) is 21.0 Å². The number of halogens is 1. The first kappa shape index (κ1) is 13.8. The number of amides is 1. The summed E-state index contributed by atoms with van der Waals surface area (Å²) in [5.74, 6) is 0.633. The predicted octanol–water partition coefficient (Wildman–Crippen LogP) is 3.06. The third kappa shape index (κ3) is 2.68. The largest absolute Gasteiger partial charge is 0.296 e. The number of nitrogens with zero attached hydrogens (tertiary/aromatic N) is 6. The van der Waals surface area contributed by atoms with Crippen LogP contribution in [0.4, 0.5) is 5.82 Å². The number of azide groups is 1. The summed E-state index contributed by atoms with van der Waals surface area (Å²) in [5, 5.41) is 4.38. The van der Waals surface area contributed by atoms with Crippen LogP contribution in [0.5, 0.6) is 0 Å². The molecule has 1 saturated heterocycles. The third-order valence-electron chi connectivity index (χ3n) is 3.44. The van der Waals surface area contributed by atoms with Crippen LogP contribution in [0.25, 0.3) is 21.3 Å². The van der Waals surface area contributed by atoms with Crippen LogP contribution in [-0.2, 0) is 4.79 Å². The van der Waals surface area contributed by atoms with Crippen LogP contribution < -0.4 is 4.90 Å². The van der Waals surface area contributed by atoms with Gasteiger partial charge in [-0.15, -0.1) is 0 Å². The summed E-state index contributed by atoms with van der Waals surface area (Å²) in [6, 6.07) is 5.68. The predicted molar refractivity (Wildman–Crippen MR) is 81.7 cm³/mol. The van der Waals surface area contributed by atoms with E-state index in [1.807, 2.05) is 18.2 Å². The van der Waals surface area contributed by atoms with Gasteiger partial charge in [0.05, 0.1) is 5.52 Å². The molecular formula is C13H11BrN6O. The van der Waals surface area contributed by atoms with E-state index in [2.05, 4.69) is 35.9 Å². The number of benzene rings is 1. The molecule has 0 aliphatic carbocycles. The maximum Gasteiger partial charge on any atom is 0.228 e. The minimum absolute atomic E-state index is 0.00637. The summed E-state index contributed by atoms with van der Waals surface area (Å²) in [4.78, 5) is 25.1. The molecule has 1 aliphatic heterocycles. The molecule has 8 heteroatoms. The Morgan fingerprint density at radius 2 is 2.33 bits per heavy atom. The second-order valence-electron chi connectivity index (χ2n) is 4.85. The Morgan fingerprint density at radius 3 is 3.14 bits per heavy atom. The molecule has 1 aliphatic rings. The Hall–Kier alpha value is -2.18. The number of rotatable bonds is 3. The fraction of sp³-hybridized carbons (Fsp3) is 0.308. The number of carbonyl (C=O) groups excluding carboxylic acids is 1. The van der Waals surface area contributed by atoms with Gasteiger partial charge in [-0.2, -0.15) is 0 Å². The van der Waals surface area contributed by atoms with Crippen LogP contribution in [-0.4, -0.2) is 29.0 Å². The number of carbonyl (C=O) groups is 1. The number of fused-ring (bicyclic) bond motifs is 1. The van der Waals surface area contributed by atoms with Crippen molar-refractivity contribution in [1.82, 2.24) is 9.97 Å². The summed E-state index contributed by atoms with van der Waals surface area (Å²) < 4.78 is 0.906. The van der Waals surface area contributed by atoms with Crippen LogP contribution >= 0.6 is 15.9 Å². The van der Waals surface area contributed by atoms with E-state index >= 15 is 0 Å². The molecule has 1 unspecified atom stereocenters. The highest BCUT2D eigenvalue weighted by atomic mass is 79.9. The van der Waals surface area contributed by atoms with Crippen LogP contribution in [0, 0.1) is 5.92 Å². The van der Waals surface area contributed by atoms with Crippen LogP contribution in [0.2, 0.25) is 0 Å². The minimum Gasteiger partial charge on any atom is -0.296 e. The van der Waals surface area contributed by atoms with Gasteiger partial charge in [0.2, 0.25) is 5.91 Å². The molecular weight excluding hydrogens is 336 g/mol. The van der Waals surface area contributed by atoms with E-state index in [1.54, 1.807) is 4.90 Å². The van der Waals surface area contributed by atoms with Gasteiger partial charge in [0.1, 0.15) is 12.1 Å². The Labute approximate surface area is 128 Å². The van der Waals surface area contributed by atoms with E-state index in [-0.39, 0.29) is 11.8 Å². The van der Waals surface area contributed by atoms with E-state index < -0.39 is 0 Å². The van der Waals surface area contributed by atoms with Crippen molar-refractivity contribution in [3.05, 3.63) is 39.4 Å². The van der Waals surface area contributed by atoms with Gasteiger partial charge in [-0.05, 0) is 29.6 Å². The fourth-order valence-corrected chi connectivity index (χ4v) is 2.85. The molecule has 0 bridgehead atoms. The highest BCUT2D eigenvalue weighted by Gasteiger charge is 2.31. The zero-order valence-corrected chi connectivity index (χ0v) is 12.6. The number of anilines is 1. The number of hydrogen-bond acceptors (Lipinski definition) is 4. The van der Waals surface area contributed by atoms with Gasteiger partial charge in [-0.25, -0.2) is 9.97 Å². The lowest BCUT2D eigenvalue weighted by Gasteiger charge is -2.17. The molecule has 3 rings (SSSR count). The SMILES string of the molecule is [N-]=[N+]=NCC1CC(=O)N(c2ncnc3ccc(Br)cc23)C1. The van der Waals surface area contributed by atoms with Crippen molar-refractivity contribution in [2.45, 2.75) is 6.42 Å². The summed E-state index contributed by atoms with van der Waals surface area (Å²) in [6.07, 6.45) is 1.83. The van der Waals surface area contributed by atoms with Crippen molar-refractivity contribution in [3.8, 4) is 0 Å². The molecule has 0 radical (unpaired) electrons. The number of hydrogen-bond donors (Lipinski definition) is 0. The first-order chi connectivity index (χ1) is 10.2. The van der Waals surface area contributed by atoms with E-state index in [0.29, 0.717) is 25.3 Å². The van der Waals surface area contributed by atoms with Crippen molar-refractivity contribution >= 4 is 38.6 Å². The lowest BCUT2D eigenvalue weighted by molar-refractivity contribution is -0.117. The standard InChI is InChI=1S/C13H11BrN6O/c14-9-1-2-11-10(4-9)13(17-7-16-11)20-6-8(3-12(20)21)5-18-19-15/h1-2,4,7-8H,3,5-6H2. The zero-order chi connectivity index (χ0) is 14.8. The summed E-state index contributed by atoms with van der Waals surface area (Å²) in [6.45, 7) is 0.835. The van der Waals surface area contributed by atoms with Crippen molar-refractivity contribution in [2.75, 3.05) is 18.0 Å². The first-order valence-corrected chi connectivity index (χ1v) is 7.20. The zero-order valence-electron chi connectivity index (χ0n) is 11.0. The van der Waals surface area contributed by atoms with Gasteiger partial charge < -0.3 is 0 Å². The molecule has 1 aromatic carbocycles. The average Bonchev–Trinajstić information content (AvgIpc) is 2.85.